The van der Waals surface area contributed by atoms with Gasteiger partial charge in [-0.15, -0.1) is 0 Å². The van der Waals surface area contributed by atoms with E-state index in [-0.39, 0.29) is 19.3 Å². The second kappa shape index (κ2) is 9.81. The third-order valence-corrected chi connectivity index (χ3v) is 3.31. The van der Waals surface area contributed by atoms with Crippen molar-refractivity contribution < 1.29 is 29.9 Å². The number of nitrogens with one attached hydrogen (secondary N) is 1. The Bertz CT molecular complexity index is 769. The summed E-state index contributed by atoms with van der Waals surface area (Å²) in [5.41, 5.74) is -1.33. The summed E-state index contributed by atoms with van der Waals surface area (Å²) >= 11 is 0. The van der Waals surface area contributed by atoms with E-state index in [1.54, 1.807) is 13.8 Å². The Labute approximate surface area is 145 Å². The number of hydrogen-bond acceptors (Lipinski definition) is 6. The fourth-order valence-electron chi connectivity index (χ4n) is 1.78. The van der Waals surface area contributed by atoms with Gasteiger partial charge in [0.25, 0.3) is 5.56 Å². The largest absolute Gasteiger partial charge is 0.380 e. The fourth-order valence-corrected chi connectivity index (χ4v) is 2.14. The first kappa shape index (κ1) is 19.8. The van der Waals surface area contributed by atoms with Crippen LogP contribution in [0.4, 0.5) is 0 Å². The van der Waals surface area contributed by atoms with Gasteiger partial charge in [0.1, 0.15) is 6.10 Å². The summed E-state index contributed by atoms with van der Waals surface area (Å²) in [6.07, 6.45) is -0.139. The zero-order valence-electron chi connectivity index (χ0n) is 15.1. The summed E-state index contributed by atoms with van der Waals surface area (Å²) < 4.78 is 35.8. The Morgan fingerprint density at radius 3 is 2.60 bits per heavy atom. The lowest BCUT2D eigenvalue weighted by atomic mass is 10.3. The highest BCUT2D eigenvalue weighted by Gasteiger charge is 2.20. The monoisotopic (exact) mass is 379 g/mol. The number of methoxy groups -OCH3 is 1. The molecule has 0 radical (unpaired) electrons. The van der Waals surface area contributed by atoms with Crippen molar-refractivity contribution in [1.29, 1.82) is 0 Å². The number of aromatic amines is 1. The van der Waals surface area contributed by atoms with Crippen molar-refractivity contribution in [1.82, 2.24) is 9.55 Å². The van der Waals surface area contributed by atoms with E-state index in [0.29, 0.717) is 0 Å². The van der Waals surface area contributed by atoms with Crippen LogP contribution in [-0.2, 0) is 18.8 Å². The summed E-state index contributed by atoms with van der Waals surface area (Å²) in [6.45, 7) is 3.30. The van der Waals surface area contributed by atoms with Crippen LogP contribution in [0, 0.1) is 0 Å². The molecule has 0 saturated carbocycles. The molecule has 0 aliphatic heterocycles. The quantitative estimate of drug-likeness (QED) is 0.489. The first-order valence-corrected chi connectivity index (χ1v) is 8.97. The maximum Gasteiger partial charge on any atom is 0.348 e. The van der Waals surface area contributed by atoms with Gasteiger partial charge in [0, 0.05) is 25.2 Å². The maximum atomic E-state index is 11.9. The summed E-state index contributed by atoms with van der Waals surface area (Å²) in [6, 6.07) is 1.12. The molecule has 1 heterocycles. The van der Waals surface area contributed by atoms with Crippen molar-refractivity contribution in [3.05, 3.63) is 45.0 Å². The van der Waals surface area contributed by atoms with Crippen molar-refractivity contribution in [2.75, 3.05) is 20.3 Å². The molecule has 3 N–H and O–H groups in total. The second-order valence-electron chi connectivity index (χ2n) is 5.32. The Hall–Kier alpha value is -1.55. The fraction of sp³-hybridized carbons (Fsp3) is 0.571. The molecule has 0 aliphatic rings. The minimum absolute atomic E-state index is 0.0960. The van der Waals surface area contributed by atoms with Crippen molar-refractivity contribution in [3.63, 3.8) is 0 Å². The lowest BCUT2D eigenvalue weighted by Gasteiger charge is -2.24. The Morgan fingerprint density at radius 1 is 1.40 bits per heavy atom. The van der Waals surface area contributed by atoms with Gasteiger partial charge < -0.3 is 24.0 Å². The molecule has 1 rings (SSSR count). The van der Waals surface area contributed by atoms with Crippen LogP contribution in [0.25, 0.3) is 0 Å². The zero-order chi connectivity index (χ0) is 19.9. The van der Waals surface area contributed by atoms with Gasteiger partial charge >= 0.3 is 13.3 Å². The van der Waals surface area contributed by atoms with Gasteiger partial charge in [-0.05, 0) is 19.9 Å². The highest BCUT2D eigenvalue weighted by Crippen LogP contribution is 2.36. The van der Waals surface area contributed by atoms with E-state index in [2.05, 4.69) is 4.98 Å². The SMILES string of the molecule is [2H]/C(=C\[C@H](COC(C)C)O[C@H](COC)n1ccc(=O)[nH]c1=O)P(=O)(O)O. The van der Waals surface area contributed by atoms with E-state index in [1.807, 2.05) is 0 Å². The Kier molecular flexibility index (Phi) is 7.76. The summed E-state index contributed by atoms with van der Waals surface area (Å²) in [5, 5.41) is 0. The van der Waals surface area contributed by atoms with E-state index in [9.17, 15) is 14.2 Å². The molecule has 0 spiro atoms. The Balaban J connectivity index is 3.15. The summed E-state index contributed by atoms with van der Waals surface area (Å²) in [4.78, 5) is 43.4. The highest BCUT2D eigenvalue weighted by molar-refractivity contribution is 7.55. The van der Waals surface area contributed by atoms with Gasteiger partial charge in [0.05, 0.1) is 20.7 Å². The van der Waals surface area contributed by atoms with Crippen molar-refractivity contribution in [2.24, 2.45) is 0 Å². The van der Waals surface area contributed by atoms with E-state index < -0.39 is 37.0 Å². The van der Waals surface area contributed by atoms with Crippen LogP contribution in [0.5, 0.6) is 0 Å². The average molecular weight is 379 g/mol. The molecule has 10 nitrogen and oxygen atoms in total. The van der Waals surface area contributed by atoms with Gasteiger partial charge in [-0.3, -0.25) is 18.9 Å². The predicted octanol–water partition coefficient (Wildman–Crippen LogP) is 0.183. The molecule has 25 heavy (non-hydrogen) atoms. The molecule has 0 amide bonds. The van der Waals surface area contributed by atoms with Crippen molar-refractivity contribution in [3.8, 4) is 0 Å². The molecule has 1 aromatic rings. The lowest BCUT2D eigenvalue weighted by Crippen LogP contribution is -2.36. The van der Waals surface area contributed by atoms with Gasteiger partial charge in [0.2, 0.25) is 0 Å². The molecule has 0 fully saturated rings. The molecule has 0 bridgehead atoms. The minimum Gasteiger partial charge on any atom is -0.380 e. The normalized spacial score (nSPS) is 15.9. The van der Waals surface area contributed by atoms with Crippen LogP contribution in [-0.4, -0.2) is 51.9 Å². The highest BCUT2D eigenvalue weighted by atomic mass is 31.2. The van der Waals surface area contributed by atoms with Crippen LogP contribution in [0.1, 0.15) is 21.4 Å². The molecule has 0 aliphatic carbocycles. The summed E-state index contributed by atoms with van der Waals surface area (Å²) in [5.74, 6) is -0.931. The smallest absolute Gasteiger partial charge is 0.348 e. The molecular weight excluding hydrogens is 355 g/mol. The maximum absolute atomic E-state index is 11.9. The van der Waals surface area contributed by atoms with Gasteiger partial charge in [0.15, 0.2) is 6.23 Å². The second-order valence-corrected chi connectivity index (χ2v) is 6.67. The van der Waals surface area contributed by atoms with Crippen molar-refractivity contribution >= 4 is 7.60 Å². The van der Waals surface area contributed by atoms with Gasteiger partial charge in [-0.2, -0.15) is 0 Å². The van der Waals surface area contributed by atoms with E-state index in [0.717, 1.165) is 16.7 Å². The van der Waals surface area contributed by atoms with Crippen LogP contribution >= 0.6 is 7.60 Å². The van der Waals surface area contributed by atoms with Crippen LogP contribution in [0.15, 0.2) is 33.7 Å². The first-order valence-electron chi connectivity index (χ1n) is 7.86. The van der Waals surface area contributed by atoms with Gasteiger partial charge in [-0.25, -0.2) is 4.79 Å². The molecule has 1 aromatic heterocycles. The third kappa shape index (κ3) is 8.39. The van der Waals surface area contributed by atoms with Crippen molar-refractivity contribution in [2.45, 2.75) is 32.3 Å². The number of ether oxygens (including phenoxy) is 3. The number of rotatable bonds is 10. The Morgan fingerprint density at radius 2 is 2.08 bits per heavy atom. The minimum atomic E-state index is -4.76. The molecule has 2 atom stereocenters. The topological polar surface area (TPSA) is 140 Å². The van der Waals surface area contributed by atoms with Crippen LogP contribution in [0.2, 0.25) is 0 Å². The molecular formula is C14H23N2O8P. The van der Waals surface area contributed by atoms with Crippen LogP contribution < -0.4 is 11.2 Å². The molecule has 142 valence electrons. The average Bonchev–Trinajstić information content (AvgIpc) is 2.51. The first-order chi connectivity index (χ1) is 12.0. The number of nitrogens with zero attached hydrogens (tertiary/aromatic N) is 1. The van der Waals surface area contributed by atoms with Crippen LogP contribution in [0.3, 0.4) is 0 Å². The standard InChI is InChI=1S/C14H23N2O8P/c1-10(2)23-8-11(5-7-25(19,20)21)24-13(9-22-3)16-6-4-12(17)15-14(16)18/h4-7,10-11,13H,8-9H2,1-3H3,(H,15,17,18)(H2,19,20,21)/b7-5+/t11-,13-/m1/s1/i7D. The summed E-state index contributed by atoms with van der Waals surface area (Å²) in [7, 11) is -3.39. The van der Waals surface area contributed by atoms with Gasteiger partial charge in [-0.1, -0.05) is 0 Å². The lowest BCUT2D eigenvalue weighted by molar-refractivity contribution is -0.102. The number of H-pyrrole nitrogens is 1. The predicted molar refractivity (Wildman–Crippen MR) is 89.4 cm³/mol. The third-order valence-electron chi connectivity index (χ3n) is 2.82. The molecule has 0 aromatic carbocycles. The number of aromatic nitrogens is 2. The molecule has 0 unspecified atom stereocenters. The van der Waals surface area contributed by atoms with E-state index in [4.69, 9.17) is 25.4 Å². The molecule has 0 saturated heterocycles. The zero-order valence-corrected chi connectivity index (χ0v) is 15.0. The van der Waals surface area contributed by atoms with E-state index in [1.165, 1.54) is 13.3 Å². The van der Waals surface area contributed by atoms with E-state index >= 15 is 0 Å². The number of hydrogen-bond donors (Lipinski definition) is 3. The molecule has 11 heteroatoms.